The van der Waals surface area contributed by atoms with Gasteiger partial charge >= 0.3 is 12.1 Å². The molecule has 0 bridgehead atoms. The van der Waals surface area contributed by atoms with Crippen LogP contribution in [0.25, 0.3) is 16.6 Å². The number of pyridine rings is 2. The number of nitrogens with zero attached hydrogens (tertiary/aromatic N) is 5. The van der Waals surface area contributed by atoms with Crippen molar-refractivity contribution in [2.75, 3.05) is 31.7 Å². The minimum absolute atomic E-state index is 0.334. The second-order valence-corrected chi connectivity index (χ2v) is 10.1. The Hall–Kier alpha value is -4.33. The number of nitriles is 1. The predicted octanol–water partition coefficient (Wildman–Crippen LogP) is 3.70. The van der Waals surface area contributed by atoms with Crippen LogP contribution in [0.4, 0.5) is 10.6 Å². The normalized spacial score (nSPS) is 15.0. The Morgan fingerprint density at radius 3 is 2.53 bits per heavy atom. The van der Waals surface area contributed by atoms with E-state index >= 15 is 0 Å². The van der Waals surface area contributed by atoms with Crippen LogP contribution in [0.1, 0.15) is 46.1 Å². The van der Waals surface area contributed by atoms with Crippen LogP contribution < -0.4 is 15.0 Å². The van der Waals surface area contributed by atoms with E-state index in [1.165, 1.54) is 13.3 Å². The largest absolute Gasteiger partial charge is 0.492 e. The molecule has 38 heavy (non-hydrogen) atoms. The van der Waals surface area contributed by atoms with E-state index < -0.39 is 23.2 Å². The number of nitrogens with one attached hydrogen (secondary N) is 1. The molecule has 1 fully saturated rings. The van der Waals surface area contributed by atoms with Crippen LogP contribution >= 0.6 is 0 Å². The Labute approximate surface area is 221 Å². The second kappa shape index (κ2) is 10.6. The van der Waals surface area contributed by atoms with E-state index in [1.807, 2.05) is 30.0 Å². The number of amides is 1. The summed E-state index contributed by atoms with van der Waals surface area (Å²) in [5.74, 6) is 0.869. The summed E-state index contributed by atoms with van der Waals surface area (Å²) in [5.41, 5.74) is 0.874. The number of ether oxygens (including phenoxy) is 3. The summed E-state index contributed by atoms with van der Waals surface area (Å²) in [6.45, 7) is 8.65. The first-order valence-corrected chi connectivity index (χ1v) is 12.4. The third-order valence-corrected chi connectivity index (χ3v) is 6.33. The van der Waals surface area contributed by atoms with Crippen LogP contribution in [-0.4, -0.2) is 64.6 Å². The number of hydrogen-bond donors (Lipinski definition) is 1. The topological polar surface area (TPSA) is 131 Å². The minimum Gasteiger partial charge on any atom is -0.492 e. The maximum absolute atomic E-state index is 12.7. The monoisotopic (exact) mass is 520 g/mol. The summed E-state index contributed by atoms with van der Waals surface area (Å²) >= 11 is 0. The number of fused-ring (bicyclic) bond motifs is 1. The molecule has 11 nitrogen and oxygen atoms in total. The smallest absolute Gasteiger partial charge is 0.408 e. The highest BCUT2D eigenvalue weighted by molar-refractivity contribution is 5.87. The van der Waals surface area contributed by atoms with E-state index in [2.05, 4.69) is 21.5 Å². The molecule has 200 valence electrons. The van der Waals surface area contributed by atoms with Gasteiger partial charge in [-0.15, -0.1) is 0 Å². The fraction of sp³-hybridized carbons (Fsp3) is 0.444. The molecule has 0 saturated carbocycles. The van der Waals surface area contributed by atoms with E-state index in [0.29, 0.717) is 49.4 Å². The van der Waals surface area contributed by atoms with Gasteiger partial charge in [-0.05, 0) is 58.7 Å². The first kappa shape index (κ1) is 26.7. The van der Waals surface area contributed by atoms with Gasteiger partial charge in [0.15, 0.2) is 0 Å². The van der Waals surface area contributed by atoms with Gasteiger partial charge in [-0.2, -0.15) is 10.4 Å². The molecule has 4 rings (SSSR count). The van der Waals surface area contributed by atoms with E-state index in [9.17, 15) is 14.9 Å². The summed E-state index contributed by atoms with van der Waals surface area (Å²) in [6.07, 6.45) is 5.04. The molecule has 1 aliphatic heterocycles. The highest BCUT2D eigenvalue weighted by Gasteiger charge is 2.45. The van der Waals surface area contributed by atoms with Crippen molar-refractivity contribution in [3.05, 3.63) is 42.4 Å². The van der Waals surface area contributed by atoms with Gasteiger partial charge in [0.1, 0.15) is 28.8 Å². The molecule has 0 spiro atoms. The van der Waals surface area contributed by atoms with Gasteiger partial charge in [0.25, 0.3) is 0 Å². The van der Waals surface area contributed by atoms with Gasteiger partial charge in [-0.3, -0.25) is 0 Å². The SMILES string of the molecule is CCOc1cc(-c2ccc(N3CCC(NC(=O)OC(C)(C)C)(C(=O)OC)CC3)nc2)c2c(C#N)cnn2c1. The van der Waals surface area contributed by atoms with Gasteiger partial charge in [0, 0.05) is 30.4 Å². The van der Waals surface area contributed by atoms with Crippen LogP contribution in [0.3, 0.4) is 0 Å². The number of methoxy groups -OCH3 is 1. The average Bonchev–Trinajstić information content (AvgIpc) is 3.30. The van der Waals surface area contributed by atoms with Crippen molar-refractivity contribution >= 4 is 23.4 Å². The van der Waals surface area contributed by atoms with Crippen molar-refractivity contribution in [3.8, 4) is 22.9 Å². The Morgan fingerprint density at radius 2 is 1.95 bits per heavy atom. The predicted molar refractivity (Wildman–Crippen MR) is 140 cm³/mol. The van der Waals surface area contributed by atoms with E-state index in [4.69, 9.17) is 14.2 Å². The minimum atomic E-state index is -1.17. The molecule has 0 radical (unpaired) electrons. The second-order valence-electron chi connectivity index (χ2n) is 10.1. The van der Waals surface area contributed by atoms with Gasteiger partial charge in [-0.25, -0.2) is 19.1 Å². The Kier molecular flexibility index (Phi) is 7.44. The first-order valence-electron chi connectivity index (χ1n) is 12.4. The molecular formula is C27H32N6O5. The number of rotatable bonds is 6. The molecule has 1 saturated heterocycles. The lowest BCUT2D eigenvalue weighted by Crippen LogP contribution is -2.61. The summed E-state index contributed by atoms with van der Waals surface area (Å²) in [4.78, 5) is 31.9. The van der Waals surface area contributed by atoms with Crippen molar-refractivity contribution in [1.82, 2.24) is 19.9 Å². The third-order valence-electron chi connectivity index (χ3n) is 6.33. The fourth-order valence-electron chi connectivity index (χ4n) is 4.57. The van der Waals surface area contributed by atoms with E-state index in [0.717, 1.165) is 16.9 Å². The van der Waals surface area contributed by atoms with Gasteiger partial charge in [0.05, 0.1) is 37.2 Å². The molecule has 3 aromatic rings. The van der Waals surface area contributed by atoms with Crippen LogP contribution in [0, 0.1) is 11.3 Å². The summed E-state index contributed by atoms with van der Waals surface area (Å²) in [6, 6.07) is 7.90. The van der Waals surface area contributed by atoms with Gasteiger partial charge in [0.2, 0.25) is 0 Å². The number of aromatic nitrogens is 3. The standard InChI is InChI=1S/C27H32N6O5/c1-6-37-20-13-21(23-19(14-28)16-30-33(23)17-20)18-7-8-22(29-15-18)32-11-9-27(10-12-32,24(34)36-5)31-25(35)38-26(2,3)4/h7-8,13,15-17H,6,9-12H2,1-5H3,(H,31,35). The lowest BCUT2D eigenvalue weighted by Gasteiger charge is -2.40. The first-order chi connectivity index (χ1) is 18.1. The van der Waals surface area contributed by atoms with Crippen molar-refractivity contribution < 1.29 is 23.8 Å². The van der Waals surface area contributed by atoms with Gasteiger partial charge in [-0.1, -0.05) is 0 Å². The number of carbonyl (C=O) groups is 2. The third kappa shape index (κ3) is 5.49. The molecule has 0 atom stereocenters. The maximum atomic E-state index is 12.7. The zero-order valence-electron chi connectivity index (χ0n) is 22.3. The number of hydrogen-bond acceptors (Lipinski definition) is 9. The lowest BCUT2D eigenvalue weighted by molar-refractivity contribution is -0.149. The average molecular weight is 521 g/mol. The lowest BCUT2D eigenvalue weighted by atomic mass is 9.87. The van der Waals surface area contributed by atoms with Gasteiger partial charge < -0.3 is 24.4 Å². The molecule has 11 heteroatoms. The Bertz CT molecular complexity index is 1360. The number of alkyl carbamates (subject to hydrolysis) is 1. The van der Waals surface area contributed by atoms with Crippen LogP contribution in [-0.2, 0) is 14.3 Å². The molecule has 4 heterocycles. The summed E-state index contributed by atoms with van der Waals surface area (Å²) in [7, 11) is 1.31. The molecule has 1 amide bonds. The zero-order valence-corrected chi connectivity index (χ0v) is 22.3. The Morgan fingerprint density at radius 1 is 1.21 bits per heavy atom. The van der Waals surface area contributed by atoms with E-state index in [1.54, 1.807) is 37.7 Å². The molecule has 3 aromatic heterocycles. The number of anilines is 1. The quantitative estimate of drug-likeness (QED) is 0.483. The van der Waals surface area contributed by atoms with Crippen molar-refractivity contribution in [1.29, 1.82) is 5.26 Å². The van der Waals surface area contributed by atoms with Crippen molar-refractivity contribution in [2.45, 2.75) is 51.7 Å². The van der Waals surface area contributed by atoms with Crippen molar-refractivity contribution in [3.63, 3.8) is 0 Å². The summed E-state index contributed by atoms with van der Waals surface area (Å²) in [5, 5.41) is 16.6. The highest BCUT2D eigenvalue weighted by Crippen LogP contribution is 2.32. The molecule has 0 aliphatic carbocycles. The highest BCUT2D eigenvalue weighted by atomic mass is 16.6. The number of esters is 1. The van der Waals surface area contributed by atoms with Crippen LogP contribution in [0.2, 0.25) is 0 Å². The maximum Gasteiger partial charge on any atom is 0.408 e. The fourth-order valence-corrected chi connectivity index (χ4v) is 4.57. The Balaban J connectivity index is 1.55. The molecule has 1 aliphatic rings. The van der Waals surface area contributed by atoms with Crippen molar-refractivity contribution in [2.24, 2.45) is 0 Å². The molecule has 0 unspecified atom stereocenters. The molecule has 1 N–H and O–H groups in total. The molecule has 0 aromatic carbocycles. The number of piperidine rings is 1. The van der Waals surface area contributed by atoms with Crippen LogP contribution in [0.15, 0.2) is 36.8 Å². The van der Waals surface area contributed by atoms with E-state index in [-0.39, 0.29) is 0 Å². The molecular weight excluding hydrogens is 488 g/mol. The zero-order chi connectivity index (χ0) is 27.5. The van der Waals surface area contributed by atoms with Crippen LogP contribution in [0.5, 0.6) is 5.75 Å². The summed E-state index contributed by atoms with van der Waals surface area (Å²) < 4.78 is 17.7. The number of carbonyl (C=O) groups excluding carboxylic acids is 2.